The molecule has 2 aromatic carbocycles. The van der Waals surface area contributed by atoms with Gasteiger partial charge in [0, 0.05) is 5.56 Å². The Morgan fingerprint density at radius 1 is 1.00 bits per heavy atom. The van der Waals surface area contributed by atoms with E-state index in [9.17, 15) is 15.3 Å². The molecule has 0 saturated heterocycles. The molecule has 0 aliphatic rings. The number of nitrogens with two attached hydrogens (primary N) is 2. The Morgan fingerprint density at radius 3 is 2.17 bits per heavy atom. The number of hydrazone groups is 1. The van der Waals surface area contributed by atoms with Crippen LogP contribution in [0.5, 0.6) is 0 Å². The van der Waals surface area contributed by atoms with Crippen molar-refractivity contribution in [2.45, 2.75) is 5.03 Å². The molecule has 3 rings (SSSR count). The number of rotatable bonds is 5. The lowest BCUT2D eigenvalue weighted by Crippen LogP contribution is -2.33. The maximum atomic E-state index is 12.5. The molecule has 0 radical (unpaired) electrons. The first kappa shape index (κ1) is 20.7. The predicted octanol–water partition coefficient (Wildman–Crippen LogP) is 2.28. The van der Waals surface area contributed by atoms with Crippen LogP contribution in [0.4, 0.5) is 0 Å². The summed E-state index contributed by atoms with van der Waals surface area (Å²) in [5.41, 5.74) is 4.74. The first-order valence-electron chi connectivity index (χ1n) is 8.75. The molecule has 8 nitrogen and oxygen atoms in total. The summed E-state index contributed by atoms with van der Waals surface area (Å²) in [5.74, 6) is 11.0. The van der Waals surface area contributed by atoms with Crippen molar-refractivity contribution >= 4 is 17.6 Å². The van der Waals surface area contributed by atoms with Crippen LogP contribution in [0.1, 0.15) is 11.1 Å². The third-order valence-electron chi connectivity index (χ3n) is 4.36. The standard InChI is InChI=1S/C21H17N7OS/c22-10-16-19(15-8-6-14(7-9-15)13-4-2-1-3-5-13)17(11-23)21(26-20(16)29)30-12-18(27-24)28-25/h1-9H,12,24-25H2,(H,26,29)(H,27,28). The van der Waals surface area contributed by atoms with Crippen LogP contribution >= 0.6 is 11.8 Å². The summed E-state index contributed by atoms with van der Waals surface area (Å²) in [4.78, 5) is 15.1. The zero-order chi connectivity index (χ0) is 21.5. The van der Waals surface area contributed by atoms with E-state index in [0.29, 0.717) is 10.6 Å². The Morgan fingerprint density at radius 2 is 1.60 bits per heavy atom. The van der Waals surface area contributed by atoms with Crippen LogP contribution < -0.4 is 22.7 Å². The highest BCUT2D eigenvalue weighted by Gasteiger charge is 2.20. The second-order valence-corrected chi connectivity index (χ2v) is 7.07. The summed E-state index contributed by atoms with van der Waals surface area (Å²) in [7, 11) is 0. The van der Waals surface area contributed by atoms with Crippen molar-refractivity contribution in [2.24, 2.45) is 16.8 Å². The topological polar surface area (TPSA) is 157 Å². The highest BCUT2D eigenvalue weighted by molar-refractivity contribution is 8.00. The number of hydrazine groups is 1. The van der Waals surface area contributed by atoms with Gasteiger partial charge in [0.2, 0.25) is 0 Å². The van der Waals surface area contributed by atoms with Gasteiger partial charge in [0.15, 0.2) is 0 Å². The molecule has 0 saturated carbocycles. The van der Waals surface area contributed by atoms with Gasteiger partial charge in [-0.2, -0.15) is 15.6 Å². The number of aromatic nitrogens is 1. The minimum absolute atomic E-state index is 0.118. The van der Waals surface area contributed by atoms with Crippen LogP contribution in [0.3, 0.4) is 0 Å². The smallest absolute Gasteiger partial charge is 0.267 e. The molecule has 0 bridgehead atoms. The number of benzene rings is 2. The van der Waals surface area contributed by atoms with Gasteiger partial charge in [-0.05, 0) is 16.7 Å². The molecular weight excluding hydrogens is 398 g/mol. The maximum absolute atomic E-state index is 12.5. The fraction of sp³-hybridized carbons (Fsp3) is 0.0476. The van der Waals surface area contributed by atoms with E-state index < -0.39 is 5.56 Å². The number of nitrogens with zero attached hydrogens (tertiary/aromatic N) is 3. The lowest BCUT2D eigenvalue weighted by atomic mass is 9.95. The number of pyridine rings is 1. The van der Waals surface area contributed by atoms with Crippen molar-refractivity contribution in [3.63, 3.8) is 0 Å². The molecule has 0 aliphatic heterocycles. The van der Waals surface area contributed by atoms with Crippen LogP contribution in [0.2, 0.25) is 0 Å². The minimum atomic E-state index is -0.576. The molecule has 0 atom stereocenters. The summed E-state index contributed by atoms with van der Waals surface area (Å²) in [6, 6.07) is 21.2. The van der Waals surface area contributed by atoms with Gasteiger partial charge in [0.1, 0.15) is 23.5 Å². The molecule has 1 aromatic heterocycles. The molecule has 0 amide bonds. The average Bonchev–Trinajstić information content (AvgIpc) is 2.80. The first-order chi connectivity index (χ1) is 14.6. The zero-order valence-corrected chi connectivity index (χ0v) is 16.5. The molecule has 3 aromatic rings. The van der Waals surface area contributed by atoms with Crippen molar-refractivity contribution in [1.29, 1.82) is 10.5 Å². The SMILES string of the molecule is N#Cc1c(SC/C(=N/N)NN)[nH]c(=O)c(C#N)c1-c1ccc(-c2ccccc2)cc1. The normalized spacial score (nSPS) is 10.8. The summed E-state index contributed by atoms with van der Waals surface area (Å²) in [6.07, 6.45) is 0. The average molecular weight is 415 g/mol. The van der Waals surface area contributed by atoms with Gasteiger partial charge in [-0.3, -0.25) is 4.79 Å². The summed E-state index contributed by atoms with van der Waals surface area (Å²) in [6.45, 7) is 0. The molecule has 6 N–H and O–H groups in total. The van der Waals surface area contributed by atoms with E-state index in [2.05, 4.69) is 21.6 Å². The quantitative estimate of drug-likeness (QED) is 0.164. The van der Waals surface area contributed by atoms with Crippen LogP contribution in [0.15, 0.2) is 69.5 Å². The Balaban J connectivity index is 2.10. The molecule has 0 unspecified atom stereocenters. The van der Waals surface area contributed by atoms with E-state index >= 15 is 0 Å². The van der Waals surface area contributed by atoms with Crippen LogP contribution in [-0.2, 0) is 0 Å². The van der Waals surface area contributed by atoms with Crippen molar-refractivity contribution in [2.75, 3.05) is 5.75 Å². The van der Waals surface area contributed by atoms with E-state index in [4.69, 9.17) is 11.7 Å². The highest BCUT2D eigenvalue weighted by Crippen LogP contribution is 2.32. The Hall–Kier alpha value is -4.05. The fourth-order valence-electron chi connectivity index (χ4n) is 2.91. The molecule has 0 spiro atoms. The number of H-pyrrole nitrogens is 1. The van der Waals surface area contributed by atoms with Crippen LogP contribution in [-0.4, -0.2) is 16.6 Å². The largest absolute Gasteiger partial charge is 0.322 e. The van der Waals surface area contributed by atoms with Crippen molar-refractivity contribution < 1.29 is 0 Å². The summed E-state index contributed by atoms with van der Waals surface area (Å²) in [5, 5.41) is 23.1. The number of hydrogen-bond donors (Lipinski definition) is 4. The van der Waals surface area contributed by atoms with Gasteiger partial charge in [0.05, 0.1) is 16.3 Å². The third-order valence-corrected chi connectivity index (χ3v) is 5.37. The summed E-state index contributed by atoms with van der Waals surface area (Å²) >= 11 is 1.13. The fourth-order valence-corrected chi connectivity index (χ4v) is 3.80. The van der Waals surface area contributed by atoms with Crippen LogP contribution in [0.25, 0.3) is 22.3 Å². The monoisotopic (exact) mass is 415 g/mol. The van der Waals surface area contributed by atoms with E-state index in [0.717, 1.165) is 22.9 Å². The number of amidine groups is 1. The number of thioether (sulfide) groups is 1. The van der Waals surface area contributed by atoms with Gasteiger partial charge in [-0.1, -0.05) is 66.4 Å². The number of nitriles is 2. The highest BCUT2D eigenvalue weighted by atomic mass is 32.2. The maximum Gasteiger partial charge on any atom is 0.267 e. The van der Waals surface area contributed by atoms with Crippen LogP contribution in [0, 0.1) is 22.7 Å². The molecular formula is C21H17N7OS. The molecule has 0 fully saturated rings. The van der Waals surface area contributed by atoms with E-state index in [-0.39, 0.29) is 28.3 Å². The molecule has 1 heterocycles. The van der Waals surface area contributed by atoms with E-state index in [1.807, 2.05) is 48.5 Å². The summed E-state index contributed by atoms with van der Waals surface area (Å²) < 4.78 is 0. The van der Waals surface area contributed by atoms with Gasteiger partial charge in [0.25, 0.3) is 5.56 Å². The lowest BCUT2D eigenvalue weighted by Gasteiger charge is -2.12. The van der Waals surface area contributed by atoms with Crippen molar-refractivity contribution in [1.82, 2.24) is 10.4 Å². The number of nitrogens with one attached hydrogen (secondary N) is 2. The first-order valence-corrected chi connectivity index (χ1v) is 9.74. The Kier molecular flexibility index (Phi) is 6.50. The second kappa shape index (κ2) is 9.43. The third kappa shape index (κ3) is 4.18. The van der Waals surface area contributed by atoms with Crippen molar-refractivity contribution in [3.05, 3.63) is 76.1 Å². The molecule has 9 heteroatoms. The van der Waals surface area contributed by atoms with Gasteiger partial charge in [-0.25, -0.2) is 5.84 Å². The van der Waals surface area contributed by atoms with Crippen molar-refractivity contribution in [3.8, 4) is 34.4 Å². The minimum Gasteiger partial charge on any atom is -0.322 e. The molecule has 0 aliphatic carbocycles. The zero-order valence-electron chi connectivity index (χ0n) is 15.7. The number of hydrogen-bond acceptors (Lipinski definition) is 7. The Labute approximate surface area is 176 Å². The van der Waals surface area contributed by atoms with Gasteiger partial charge < -0.3 is 16.3 Å². The van der Waals surface area contributed by atoms with E-state index in [1.54, 1.807) is 12.1 Å². The van der Waals surface area contributed by atoms with Gasteiger partial charge in [-0.15, -0.1) is 0 Å². The van der Waals surface area contributed by atoms with Gasteiger partial charge >= 0.3 is 0 Å². The molecule has 30 heavy (non-hydrogen) atoms. The van der Waals surface area contributed by atoms with E-state index in [1.165, 1.54) is 0 Å². The predicted molar refractivity (Wildman–Crippen MR) is 117 cm³/mol. The Bertz CT molecular complexity index is 1220. The number of aromatic amines is 1. The second-order valence-electron chi connectivity index (χ2n) is 6.08. The lowest BCUT2D eigenvalue weighted by molar-refractivity contribution is 0.995. The molecule has 148 valence electrons.